The first-order valence-electron chi connectivity index (χ1n) is 7.59. The number of nitrogens with zero attached hydrogens (tertiary/aromatic N) is 2. The predicted octanol–water partition coefficient (Wildman–Crippen LogP) is 2.64. The van der Waals surface area contributed by atoms with Crippen molar-refractivity contribution in [2.75, 3.05) is 26.7 Å². The van der Waals surface area contributed by atoms with Crippen molar-refractivity contribution in [3.05, 3.63) is 30.3 Å². The van der Waals surface area contributed by atoms with Gasteiger partial charge in [0.1, 0.15) is 12.4 Å². The van der Waals surface area contributed by atoms with Gasteiger partial charge in [0.25, 0.3) is 0 Å². The summed E-state index contributed by atoms with van der Waals surface area (Å²) in [6.07, 6.45) is 0. The van der Waals surface area contributed by atoms with Crippen molar-refractivity contribution in [2.45, 2.75) is 39.8 Å². The molecule has 0 N–H and O–H groups in total. The molecule has 0 spiro atoms. The molecule has 0 heterocycles. The molecule has 0 atom stereocenters. The van der Waals surface area contributed by atoms with E-state index in [1.54, 1.807) is 0 Å². The van der Waals surface area contributed by atoms with E-state index >= 15 is 0 Å². The number of likely N-dealkylation sites (N-methyl/N-ethyl adjacent to an activating group) is 1. The van der Waals surface area contributed by atoms with Crippen LogP contribution < -0.4 is 4.74 Å². The van der Waals surface area contributed by atoms with E-state index in [0.29, 0.717) is 13.2 Å². The van der Waals surface area contributed by atoms with Crippen LogP contribution in [-0.4, -0.2) is 54.5 Å². The van der Waals surface area contributed by atoms with Crippen molar-refractivity contribution >= 4 is 5.91 Å². The predicted molar refractivity (Wildman–Crippen MR) is 86.6 cm³/mol. The van der Waals surface area contributed by atoms with Crippen LogP contribution in [0.3, 0.4) is 0 Å². The number of ether oxygens (including phenoxy) is 1. The molecule has 0 fully saturated rings. The van der Waals surface area contributed by atoms with E-state index in [0.717, 1.165) is 12.3 Å². The van der Waals surface area contributed by atoms with E-state index in [2.05, 4.69) is 27.7 Å². The largest absolute Gasteiger partial charge is 0.492 e. The Bertz CT molecular complexity index is 410. The Balaban J connectivity index is 2.35. The second kappa shape index (κ2) is 8.67. The molecule has 1 rings (SSSR count). The average molecular weight is 292 g/mol. The minimum absolute atomic E-state index is 0.169. The monoisotopic (exact) mass is 292 g/mol. The highest BCUT2D eigenvalue weighted by Crippen LogP contribution is 2.08. The fourth-order valence-electron chi connectivity index (χ4n) is 2.40. The maximum atomic E-state index is 12.3. The Morgan fingerprint density at radius 3 is 2.19 bits per heavy atom. The Morgan fingerprint density at radius 2 is 1.67 bits per heavy atom. The van der Waals surface area contributed by atoms with Gasteiger partial charge in [0, 0.05) is 18.6 Å². The summed E-state index contributed by atoms with van der Waals surface area (Å²) in [5, 5.41) is 0. The van der Waals surface area contributed by atoms with Crippen LogP contribution >= 0.6 is 0 Å². The maximum Gasteiger partial charge on any atom is 0.237 e. The second-order valence-electron chi connectivity index (χ2n) is 5.89. The SMILES string of the molecule is CC(C)N(C(=O)CN(C)CCOc1ccccc1)C(C)C. The number of para-hydroxylation sites is 1. The van der Waals surface area contributed by atoms with Crippen molar-refractivity contribution < 1.29 is 9.53 Å². The van der Waals surface area contributed by atoms with E-state index in [1.165, 1.54) is 0 Å². The molecule has 0 aliphatic heterocycles. The first kappa shape index (κ1) is 17.5. The van der Waals surface area contributed by atoms with Gasteiger partial charge >= 0.3 is 0 Å². The topological polar surface area (TPSA) is 32.8 Å². The molecule has 0 radical (unpaired) electrons. The first-order valence-corrected chi connectivity index (χ1v) is 7.59. The molecule has 0 aromatic heterocycles. The fourth-order valence-corrected chi connectivity index (χ4v) is 2.40. The average Bonchev–Trinajstić information content (AvgIpc) is 2.38. The van der Waals surface area contributed by atoms with E-state index in [1.807, 2.05) is 47.2 Å². The number of benzene rings is 1. The van der Waals surface area contributed by atoms with Gasteiger partial charge < -0.3 is 9.64 Å². The molecule has 118 valence electrons. The Kier molecular flexibility index (Phi) is 7.23. The van der Waals surface area contributed by atoms with Crippen molar-refractivity contribution in [3.63, 3.8) is 0 Å². The maximum absolute atomic E-state index is 12.3. The van der Waals surface area contributed by atoms with Crippen LogP contribution in [0.2, 0.25) is 0 Å². The molecular weight excluding hydrogens is 264 g/mol. The lowest BCUT2D eigenvalue weighted by Gasteiger charge is -2.32. The zero-order valence-corrected chi connectivity index (χ0v) is 13.9. The molecular formula is C17H28N2O2. The van der Waals surface area contributed by atoms with E-state index < -0.39 is 0 Å². The van der Waals surface area contributed by atoms with Gasteiger partial charge in [0.2, 0.25) is 5.91 Å². The third-order valence-electron chi connectivity index (χ3n) is 3.29. The van der Waals surface area contributed by atoms with Crippen LogP contribution in [0.15, 0.2) is 30.3 Å². The lowest BCUT2D eigenvalue weighted by Crippen LogP contribution is -2.47. The number of rotatable bonds is 8. The molecule has 4 nitrogen and oxygen atoms in total. The molecule has 0 unspecified atom stereocenters. The smallest absolute Gasteiger partial charge is 0.237 e. The molecule has 0 aliphatic carbocycles. The van der Waals surface area contributed by atoms with Crippen molar-refractivity contribution in [1.82, 2.24) is 9.80 Å². The number of hydrogen-bond acceptors (Lipinski definition) is 3. The van der Waals surface area contributed by atoms with Crippen molar-refractivity contribution in [1.29, 1.82) is 0 Å². The first-order chi connectivity index (χ1) is 9.91. The molecule has 0 aliphatic rings. The third kappa shape index (κ3) is 6.17. The molecule has 0 saturated carbocycles. The van der Waals surface area contributed by atoms with Gasteiger partial charge in [-0.05, 0) is 46.9 Å². The summed E-state index contributed by atoms with van der Waals surface area (Å²) in [7, 11) is 1.95. The summed E-state index contributed by atoms with van der Waals surface area (Å²) in [5.74, 6) is 1.03. The summed E-state index contributed by atoms with van der Waals surface area (Å²) in [5.41, 5.74) is 0. The second-order valence-corrected chi connectivity index (χ2v) is 5.89. The lowest BCUT2D eigenvalue weighted by molar-refractivity contribution is -0.135. The lowest BCUT2D eigenvalue weighted by atomic mass is 10.2. The zero-order chi connectivity index (χ0) is 15.8. The van der Waals surface area contributed by atoms with E-state index in [9.17, 15) is 4.79 Å². The van der Waals surface area contributed by atoms with Gasteiger partial charge in [-0.1, -0.05) is 18.2 Å². The van der Waals surface area contributed by atoms with E-state index in [-0.39, 0.29) is 18.0 Å². The minimum Gasteiger partial charge on any atom is -0.492 e. The molecule has 4 heteroatoms. The van der Waals surface area contributed by atoms with Gasteiger partial charge in [0.05, 0.1) is 6.54 Å². The van der Waals surface area contributed by atoms with Crippen LogP contribution in [0.5, 0.6) is 5.75 Å². The Labute approximate surface area is 128 Å². The van der Waals surface area contributed by atoms with Gasteiger partial charge in [-0.15, -0.1) is 0 Å². The normalized spacial score (nSPS) is 11.2. The highest BCUT2D eigenvalue weighted by molar-refractivity contribution is 5.78. The van der Waals surface area contributed by atoms with Crippen LogP contribution in [0.1, 0.15) is 27.7 Å². The van der Waals surface area contributed by atoms with Gasteiger partial charge in [0.15, 0.2) is 0 Å². The molecule has 0 saturated heterocycles. The van der Waals surface area contributed by atoms with Gasteiger partial charge in [-0.3, -0.25) is 9.69 Å². The van der Waals surface area contributed by atoms with Crippen molar-refractivity contribution in [2.24, 2.45) is 0 Å². The van der Waals surface area contributed by atoms with Crippen molar-refractivity contribution in [3.8, 4) is 5.75 Å². The summed E-state index contributed by atoms with van der Waals surface area (Å²) in [4.78, 5) is 16.2. The summed E-state index contributed by atoms with van der Waals surface area (Å²) in [6, 6.07) is 10.2. The zero-order valence-electron chi connectivity index (χ0n) is 13.9. The molecule has 21 heavy (non-hydrogen) atoms. The number of carbonyl (C=O) groups is 1. The minimum atomic E-state index is 0.169. The summed E-state index contributed by atoms with van der Waals surface area (Å²) >= 11 is 0. The number of hydrogen-bond donors (Lipinski definition) is 0. The highest BCUT2D eigenvalue weighted by Gasteiger charge is 2.20. The Morgan fingerprint density at radius 1 is 1.10 bits per heavy atom. The third-order valence-corrected chi connectivity index (χ3v) is 3.29. The molecule has 0 bridgehead atoms. The van der Waals surface area contributed by atoms with E-state index in [4.69, 9.17) is 4.74 Å². The summed E-state index contributed by atoms with van der Waals surface area (Å²) < 4.78 is 5.65. The van der Waals surface area contributed by atoms with Crippen LogP contribution in [0.4, 0.5) is 0 Å². The molecule has 1 aromatic carbocycles. The summed E-state index contributed by atoms with van der Waals surface area (Å²) in [6.45, 7) is 9.94. The molecule has 1 aromatic rings. The van der Waals surface area contributed by atoms with Crippen LogP contribution in [0, 0.1) is 0 Å². The quantitative estimate of drug-likeness (QED) is 0.738. The van der Waals surface area contributed by atoms with Crippen LogP contribution in [0.25, 0.3) is 0 Å². The highest BCUT2D eigenvalue weighted by atomic mass is 16.5. The van der Waals surface area contributed by atoms with Gasteiger partial charge in [-0.25, -0.2) is 0 Å². The Hall–Kier alpha value is -1.55. The van der Waals surface area contributed by atoms with Gasteiger partial charge in [-0.2, -0.15) is 0 Å². The standard InChI is InChI=1S/C17H28N2O2/c1-14(2)19(15(3)4)17(20)13-18(5)11-12-21-16-9-7-6-8-10-16/h6-10,14-15H,11-13H2,1-5H3. The number of amides is 1. The van der Waals surface area contributed by atoms with Crippen LogP contribution in [-0.2, 0) is 4.79 Å². The fraction of sp³-hybridized carbons (Fsp3) is 0.588. The number of carbonyl (C=O) groups excluding carboxylic acids is 1. The molecule has 1 amide bonds.